The molecule has 7 heteroatoms. The van der Waals surface area contributed by atoms with Gasteiger partial charge in [-0.1, -0.05) is 0 Å². The molecule has 0 fully saturated rings. The van der Waals surface area contributed by atoms with Crippen LogP contribution in [0.25, 0.3) is 0 Å². The lowest BCUT2D eigenvalue weighted by atomic mass is 10.2. The number of pyridine rings is 1. The van der Waals surface area contributed by atoms with Crippen molar-refractivity contribution in [2.24, 2.45) is 0 Å². The third-order valence-corrected chi connectivity index (χ3v) is 2.72. The second kappa shape index (κ2) is 5.29. The Bertz CT molecular complexity index is 412. The third-order valence-electron chi connectivity index (χ3n) is 1.84. The van der Waals surface area contributed by atoms with E-state index in [1.807, 2.05) is 0 Å². The fraction of sp³-hybridized carbons (Fsp3) is 0.333. The summed E-state index contributed by atoms with van der Waals surface area (Å²) in [4.78, 5) is 14.5. The third kappa shape index (κ3) is 2.72. The van der Waals surface area contributed by atoms with Gasteiger partial charge in [0, 0.05) is 0 Å². The van der Waals surface area contributed by atoms with Crippen molar-refractivity contribution in [3.05, 3.63) is 27.7 Å². The molecule has 1 heterocycles. The molecule has 0 unspecified atom stereocenters. The van der Waals surface area contributed by atoms with Crippen LogP contribution in [0.1, 0.15) is 17.7 Å². The molecule has 0 saturated carbocycles. The molecule has 0 atom stereocenters. The van der Waals surface area contributed by atoms with Gasteiger partial charge < -0.3 is 4.74 Å². The van der Waals surface area contributed by atoms with E-state index >= 15 is 0 Å². The maximum Gasteiger partial charge on any atom is 0.311 e. The van der Waals surface area contributed by atoms with Crippen molar-refractivity contribution >= 4 is 21.9 Å². The number of nitrogens with zero attached hydrogens (tertiary/aromatic N) is 1. The van der Waals surface area contributed by atoms with E-state index in [4.69, 9.17) is 0 Å². The summed E-state index contributed by atoms with van der Waals surface area (Å²) in [6.07, 6.45) is -2.62. The Morgan fingerprint density at radius 1 is 1.62 bits per heavy atom. The Morgan fingerprint density at radius 2 is 2.25 bits per heavy atom. The monoisotopic (exact) mass is 297 g/mol. The molecule has 0 aliphatic heterocycles. The average molecular weight is 298 g/mol. The van der Waals surface area contributed by atoms with Gasteiger partial charge in [-0.2, -0.15) is 0 Å². The van der Waals surface area contributed by atoms with Crippen molar-refractivity contribution in [1.29, 1.82) is 0 Å². The van der Waals surface area contributed by atoms with Crippen molar-refractivity contribution in [3.8, 4) is 0 Å². The second-order valence-corrected chi connectivity index (χ2v) is 3.63. The number of esters is 1. The first-order valence-corrected chi connectivity index (χ1v) is 4.94. The van der Waals surface area contributed by atoms with E-state index in [0.717, 1.165) is 7.11 Å². The fourth-order valence-corrected chi connectivity index (χ4v) is 1.66. The van der Waals surface area contributed by atoms with E-state index in [0.29, 0.717) is 6.20 Å². The number of halogens is 4. The van der Waals surface area contributed by atoms with Crippen LogP contribution in [0.3, 0.4) is 0 Å². The number of alkyl halides is 2. The van der Waals surface area contributed by atoms with Crippen molar-refractivity contribution in [2.45, 2.75) is 12.8 Å². The molecule has 0 aliphatic rings. The molecule has 0 radical (unpaired) electrons. The fourth-order valence-electron chi connectivity index (χ4n) is 1.05. The van der Waals surface area contributed by atoms with E-state index in [2.05, 4.69) is 25.7 Å². The van der Waals surface area contributed by atoms with E-state index in [1.165, 1.54) is 0 Å². The Hall–Kier alpha value is -1.11. The molecule has 0 aromatic carbocycles. The number of aromatic nitrogens is 1. The number of carbonyl (C=O) groups excluding carboxylic acids is 1. The van der Waals surface area contributed by atoms with Gasteiger partial charge in [-0.05, 0) is 15.9 Å². The van der Waals surface area contributed by atoms with Crippen molar-refractivity contribution in [1.82, 2.24) is 4.98 Å². The SMILES string of the molecule is COC(=O)Cc1ncc(F)c(C(F)F)c1Br. The Labute approximate surface area is 97.8 Å². The van der Waals surface area contributed by atoms with Gasteiger partial charge >= 0.3 is 5.97 Å². The highest BCUT2D eigenvalue weighted by Gasteiger charge is 2.22. The van der Waals surface area contributed by atoms with Crippen molar-refractivity contribution in [3.63, 3.8) is 0 Å². The van der Waals surface area contributed by atoms with Gasteiger partial charge in [0.25, 0.3) is 6.43 Å². The Kier molecular flexibility index (Phi) is 4.28. The van der Waals surface area contributed by atoms with Gasteiger partial charge in [-0.15, -0.1) is 0 Å². The van der Waals surface area contributed by atoms with Gasteiger partial charge in [0.15, 0.2) is 5.82 Å². The number of ether oxygens (including phenoxy) is 1. The predicted molar refractivity (Wildman–Crippen MR) is 52.6 cm³/mol. The maximum absolute atomic E-state index is 13.0. The highest BCUT2D eigenvalue weighted by molar-refractivity contribution is 9.10. The lowest BCUT2D eigenvalue weighted by Gasteiger charge is -2.08. The molecule has 0 saturated heterocycles. The normalized spacial score (nSPS) is 10.6. The van der Waals surface area contributed by atoms with E-state index in [9.17, 15) is 18.0 Å². The van der Waals surface area contributed by atoms with E-state index in [-0.39, 0.29) is 16.6 Å². The van der Waals surface area contributed by atoms with E-state index < -0.39 is 23.8 Å². The Balaban J connectivity index is 3.13. The first-order valence-electron chi connectivity index (χ1n) is 4.15. The minimum absolute atomic E-state index is 0.0172. The van der Waals surface area contributed by atoms with Crippen LogP contribution >= 0.6 is 15.9 Å². The van der Waals surface area contributed by atoms with Crippen LogP contribution in [0, 0.1) is 5.82 Å². The summed E-state index contributed by atoms with van der Waals surface area (Å²) < 4.78 is 42.1. The molecule has 0 aliphatic carbocycles. The molecule has 0 amide bonds. The molecule has 0 bridgehead atoms. The quantitative estimate of drug-likeness (QED) is 0.805. The van der Waals surface area contributed by atoms with Crippen LogP contribution in [0.4, 0.5) is 13.2 Å². The number of hydrogen-bond acceptors (Lipinski definition) is 3. The first-order chi connectivity index (χ1) is 7.47. The molecular formula is C9H7BrF3NO2. The summed E-state index contributed by atoms with van der Waals surface area (Å²) in [6.45, 7) is 0. The standard InChI is InChI=1S/C9H7BrF3NO2/c1-16-6(15)2-5-8(10)7(9(12)13)4(11)3-14-5/h3,9H,2H2,1H3. The molecule has 88 valence electrons. The van der Waals surface area contributed by atoms with Gasteiger partial charge in [-0.25, -0.2) is 13.2 Å². The van der Waals surface area contributed by atoms with Crippen LogP contribution < -0.4 is 0 Å². The molecule has 1 aromatic rings. The average Bonchev–Trinajstić information content (AvgIpc) is 2.21. The van der Waals surface area contributed by atoms with Gasteiger partial charge in [0.1, 0.15) is 0 Å². The van der Waals surface area contributed by atoms with Gasteiger partial charge in [0.2, 0.25) is 0 Å². The largest absolute Gasteiger partial charge is 0.469 e. The maximum atomic E-state index is 13.0. The Morgan fingerprint density at radius 3 is 2.75 bits per heavy atom. The smallest absolute Gasteiger partial charge is 0.311 e. The highest BCUT2D eigenvalue weighted by atomic mass is 79.9. The topological polar surface area (TPSA) is 39.2 Å². The van der Waals surface area contributed by atoms with Crippen LogP contribution in [0.5, 0.6) is 0 Å². The summed E-state index contributed by atoms with van der Waals surface area (Å²) in [5.74, 6) is -1.75. The lowest BCUT2D eigenvalue weighted by Crippen LogP contribution is -2.09. The summed E-state index contributed by atoms with van der Waals surface area (Å²) in [7, 11) is 1.16. The van der Waals surface area contributed by atoms with Crippen LogP contribution in [0.2, 0.25) is 0 Å². The molecule has 3 nitrogen and oxygen atoms in total. The molecule has 0 spiro atoms. The van der Waals surface area contributed by atoms with Crippen LogP contribution in [-0.4, -0.2) is 18.1 Å². The lowest BCUT2D eigenvalue weighted by molar-refractivity contribution is -0.139. The summed E-state index contributed by atoms with van der Waals surface area (Å²) in [5.41, 5.74) is -0.780. The molecule has 0 N–H and O–H groups in total. The van der Waals surface area contributed by atoms with Gasteiger partial charge in [0.05, 0.1) is 35.5 Å². The predicted octanol–water partition coefficient (Wildman–Crippen LogP) is 2.64. The van der Waals surface area contributed by atoms with Crippen molar-refractivity contribution in [2.75, 3.05) is 7.11 Å². The number of methoxy groups -OCH3 is 1. The first kappa shape index (κ1) is 13.0. The zero-order valence-corrected chi connectivity index (χ0v) is 9.72. The number of carbonyl (C=O) groups is 1. The highest BCUT2D eigenvalue weighted by Crippen LogP contribution is 2.31. The zero-order valence-electron chi connectivity index (χ0n) is 8.14. The molecule has 16 heavy (non-hydrogen) atoms. The van der Waals surface area contributed by atoms with Crippen molar-refractivity contribution < 1.29 is 22.7 Å². The second-order valence-electron chi connectivity index (χ2n) is 2.83. The zero-order chi connectivity index (χ0) is 12.3. The summed E-state index contributed by atoms with van der Waals surface area (Å²) in [5, 5.41) is 0. The van der Waals surface area contributed by atoms with Crippen LogP contribution in [0.15, 0.2) is 10.7 Å². The molecule has 1 aromatic heterocycles. The molecular weight excluding hydrogens is 291 g/mol. The number of rotatable bonds is 3. The van der Waals surface area contributed by atoms with Gasteiger partial charge in [-0.3, -0.25) is 9.78 Å². The molecule has 1 rings (SSSR count). The minimum Gasteiger partial charge on any atom is -0.469 e. The van der Waals surface area contributed by atoms with Crippen LogP contribution in [-0.2, 0) is 16.0 Å². The minimum atomic E-state index is -2.98. The van der Waals surface area contributed by atoms with E-state index in [1.54, 1.807) is 0 Å². The number of hydrogen-bond donors (Lipinski definition) is 0. The summed E-state index contributed by atoms with van der Waals surface area (Å²) in [6, 6.07) is 0. The summed E-state index contributed by atoms with van der Waals surface area (Å²) >= 11 is 2.80.